The number of ketones is 1. The minimum atomic E-state index is -0.113. The van der Waals surface area contributed by atoms with E-state index in [1.165, 1.54) is 7.11 Å². The number of nitrogen functional groups attached to an aromatic ring is 1. The van der Waals surface area contributed by atoms with Crippen LogP contribution in [0.25, 0.3) is 0 Å². The number of carbonyl (C=O) groups excluding carboxylic acids is 1. The van der Waals surface area contributed by atoms with Crippen molar-refractivity contribution < 1.29 is 9.53 Å². The number of hydrogen-bond acceptors (Lipinski definition) is 4. The molecule has 0 atom stereocenters. The second kappa shape index (κ2) is 5.77. The Kier molecular flexibility index (Phi) is 4.08. The summed E-state index contributed by atoms with van der Waals surface area (Å²) in [6.07, 6.45) is 2.46. The lowest BCUT2D eigenvalue weighted by Gasteiger charge is -2.10. The van der Waals surface area contributed by atoms with Crippen LogP contribution in [0.3, 0.4) is 0 Å². The minimum absolute atomic E-state index is 0.113. The lowest BCUT2D eigenvalue weighted by Crippen LogP contribution is -2.14. The molecule has 1 heterocycles. The van der Waals surface area contributed by atoms with E-state index in [0.29, 0.717) is 29.2 Å². The topological polar surface area (TPSA) is 70.1 Å². The fourth-order valence-electron chi connectivity index (χ4n) is 2.16. The van der Waals surface area contributed by atoms with Gasteiger partial charge < -0.3 is 10.5 Å². The molecule has 0 aliphatic rings. The van der Waals surface area contributed by atoms with E-state index in [1.807, 2.05) is 13.8 Å². The number of anilines is 1. The number of hydrogen-bond donors (Lipinski definition) is 1. The van der Waals surface area contributed by atoms with E-state index in [1.54, 1.807) is 29.1 Å². The first-order valence-electron chi connectivity index (χ1n) is 6.59. The molecule has 20 heavy (non-hydrogen) atoms. The summed E-state index contributed by atoms with van der Waals surface area (Å²) >= 11 is 0. The summed E-state index contributed by atoms with van der Waals surface area (Å²) in [5.74, 6) is 0.378. The van der Waals surface area contributed by atoms with Crippen LogP contribution < -0.4 is 10.5 Å². The Balaban J connectivity index is 2.52. The lowest BCUT2D eigenvalue weighted by atomic mass is 10.0. The average Bonchev–Trinajstić information content (AvgIpc) is 2.84. The van der Waals surface area contributed by atoms with E-state index < -0.39 is 0 Å². The van der Waals surface area contributed by atoms with Gasteiger partial charge in [0.15, 0.2) is 11.4 Å². The van der Waals surface area contributed by atoms with Crippen LogP contribution in [0.15, 0.2) is 24.4 Å². The van der Waals surface area contributed by atoms with Gasteiger partial charge in [-0.2, -0.15) is 5.10 Å². The molecule has 2 aromatic rings. The summed E-state index contributed by atoms with van der Waals surface area (Å²) in [5.41, 5.74) is 8.32. The molecule has 106 valence electrons. The average molecular weight is 273 g/mol. The van der Waals surface area contributed by atoms with Gasteiger partial charge in [-0.25, -0.2) is 0 Å². The Hall–Kier alpha value is -2.30. The second-order valence-corrected chi connectivity index (χ2v) is 4.63. The third kappa shape index (κ3) is 2.39. The standard InChI is InChI=1S/C15H19N3O2/c1-4-8-18-14(13(20-3)9-17-18)15(19)11-6-5-7-12(16)10(11)2/h5-7,9H,4,8,16H2,1-3H3. The number of aromatic nitrogens is 2. The molecule has 5 heteroatoms. The van der Waals surface area contributed by atoms with Crippen molar-refractivity contribution in [1.29, 1.82) is 0 Å². The van der Waals surface area contributed by atoms with Crippen molar-refractivity contribution in [2.45, 2.75) is 26.8 Å². The van der Waals surface area contributed by atoms with Crippen molar-refractivity contribution in [1.82, 2.24) is 9.78 Å². The lowest BCUT2D eigenvalue weighted by molar-refractivity contribution is 0.102. The quantitative estimate of drug-likeness (QED) is 0.671. The normalized spacial score (nSPS) is 10.6. The maximum absolute atomic E-state index is 12.8. The van der Waals surface area contributed by atoms with Crippen molar-refractivity contribution >= 4 is 11.5 Å². The number of rotatable bonds is 5. The predicted molar refractivity (Wildman–Crippen MR) is 78.1 cm³/mol. The number of nitrogens with zero attached hydrogens (tertiary/aromatic N) is 2. The Morgan fingerprint density at radius 1 is 1.45 bits per heavy atom. The first-order chi connectivity index (χ1) is 9.60. The highest BCUT2D eigenvalue weighted by Gasteiger charge is 2.22. The number of methoxy groups -OCH3 is 1. The van der Waals surface area contributed by atoms with Crippen LogP contribution in [0.1, 0.15) is 35.0 Å². The summed E-state index contributed by atoms with van der Waals surface area (Å²) in [4.78, 5) is 12.8. The molecular weight excluding hydrogens is 254 g/mol. The summed E-state index contributed by atoms with van der Waals surface area (Å²) < 4.78 is 6.93. The van der Waals surface area contributed by atoms with E-state index in [9.17, 15) is 4.79 Å². The van der Waals surface area contributed by atoms with Crippen LogP contribution in [0.4, 0.5) is 5.69 Å². The van der Waals surface area contributed by atoms with Crippen LogP contribution in [0.2, 0.25) is 0 Å². The molecule has 0 unspecified atom stereocenters. The molecule has 0 spiro atoms. The smallest absolute Gasteiger partial charge is 0.215 e. The molecule has 0 aliphatic carbocycles. The highest BCUT2D eigenvalue weighted by molar-refractivity contribution is 6.11. The number of nitrogens with two attached hydrogens (primary N) is 1. The third-order valence-corrected chi connectivity index (χ3v) is 3.30. The first kappa shape index (κ1) is 14.1. The van der Waals surface area contributed by atoms with E-state index in [4.69, 9.17) is 10.5 Å². The van der Waals surface area contributed by atoms with Crippen molar-refractivity contribution in [3.05, 3.63) is 41.2 Å². The SMILES string of the molecule is CCCn1ncc(OC)c1C(=O)c1cccc(N)c1C. The van der Waals surface area contributed by atoms with E-state index in [-0.39, 0.29) is 5.78 Å². The zero-order valence-electron chi connectivity index (χ0n) is 12.0. The molecule has 0 saturated heterocycles. The second-order valence-electron chi connectivity index (χ2n) is 4.63. The summed E-state index contributed by atoms with van der Waals surface area (Å²) in [5, 5.41) is 4.21. The van der Waals surface area contributed by atoms with Gasteiger partial charge in [-0.15, -0.1) is 0 Å². The van der Waals surface area contributed by atoms with Gasteiger partial charge >= 0.3 is 0 Å². The van der Waals surface area contributed by atoms with E-state index >= 15 is 0 Å². The maximum atomic E-state index is 12.8. The van der Waals surface area contributed by atoms with E-state index in [2.05, 4.69) is 5.10 Å². The summed E-state index contributed by atoms with van der Waals surface area (Å²) in [7, 11) is 1.54. The summed E-state index contributed by atoms with van der Waals surface area (Å²) in [6.45, 7) is 4.55. The molecular formula is C15H19N3O2. The molecule has 0 aliphatic heterocycles. The van der Waals surface area contributed by atoms with Crippen molar-refractivity contribution in [2.24, 2.45) is 0 Å². The predicted octanol–water partition coefficient (Wildman–Crippen LogP) is 2.42. The zero-order valence-corrected chi connectivity index (χ0v) is 12.0. The fraction of sp³-hybridized carbons (Fsp3) is 0.333. The number of benzene rings is 1. The summed E-state index contributed by atoms with van der Waals surface area (Å²) in [6, 6.07) is 5.34. The van der Waals surface area contributed by atoms with Crippen molar-refractivity contribution in [2.75, 3.05) is 12.8 Å². The fourth-order valence-corrected chi connectivity index (χ4v) is 2.16. The van der Waals surface area contributed by atoms with Gasteiger partial charge in [-0.1, -0.05) is 19.1 Å². The Morgan fingerprint density at radius 3 is 2.85 bits per heavy atom. The van der Waals surface area contributed by atoms with Crippen molar-refractivity contribution in [3.8, 4) is 5.75 Å². The largest absolute Gasteiger partial charge is 0.493 e. The van der Waals surface area contributed by atoms with Gasteiger partial charge in [0.1, 0.15) is 0 Å². The van der Waals surface area contributed by atoms with Gasteiger partial charge in [0.05, 0.1) is 13.3 Å². The molecule has 0 saturated carbocycles. The number of ether oxygens (including phenoxy) is 1. The highest BCUT2D eigenvalue weighted by Crippen LogP contribution is 2.25. The van der Waals surface area contributed by atoms with Crippen LogP contribution in [-0.4, -0.2) is 22.7 Å². The molecule has 1 aromatic heterocycles. The number of aryl methyl sites for hydroxylation is 1. The van der Waals surface area contributed by atoms with Gasteiger partial charge in [0, 0.05) is 17.8 Å². The molecule has 2 rings (SSSR count). The van der Waals surface area contributed by atoms with Crippen LogP contribution in [0.5, 0.6) is 5.75 Å². The molecule has 2 N–H and O–H groups in total. The van der Waals surface area contributed by atoms with Gasteiger partial charge in [0.2, 0.25) is 5.78 Å². The molecule has 1 aromatic carbocycles. The van der Waals surface area contributed by atoms with Crippen LogP contribution in [0, 0.1) is 6.92 Å². The zero-order chi connectivity index (χ0) is 14.7. The Bertz CT molecular complexity index is 632. The van der Waals surface area contributed by atoms with Crippen LogP contribution in [-0.2, 0) is 6.54 Å². The van der Waals surface area contributed by atoms with Gasteiger partial charge in [-0.05, 0) is 25.0 Å². The first-order valence-corrected chi connectivity index (χ1v) is 6.59. The van der Waals surface area contributed by atoms with Crippen molar-refractivity contribution in [3.63, 3.8) is 0 Å². The van der Waals surface area contributed by atoms with E-state index in [0.717, 1.165) is 12.0 Å². The molecule has 0 radical (unpaired) electrons. The molecule has 0 fully saturated rings. The monoisotopic (exact) mass is 273 g/mol. The molecule has 0 amide bonds. The molecule has 5 nitrogen and oxygen atoms in total. The number of carbonyl (C=O) groups is 1. The third-order valence-electron chi connectivity index (χ3n) is 3.30. The van der Waals surface area contributed by atoms with Crippen LogP contribution >= 0.6 is 0 Å². The maximum Gasteiger partial charge on any atom is 0.215 e. The Labute approximate surface area is 118 Å². The minimum Gasteiger partial charge on any atom is -0.493 e. The van der Waals surface area contributed by atoms with Gasteiger partial charge in [-0.3, -0.25) is 9.48 Å². The Morgan fingerprint density at radius 2 is 2.20 bits per heavy atom. The van der Waals surface area contributed by atoms with Gasteiger partial charge in [0.25, 0.3) is 0 Å². The highest BCUT2D eigenvalue weighted by atomic mass is 16.5. The molecule has 0 bridgehead atoms.